The third-order valence-electron chi connectivity index (χ3n) is 4.16. The van der Waals surface area contributed by atoms with Gasteiger partial charge in [-0.25, -0.2) is 0 Å². The predicted molar refractivity (Wildman–Crippen MR) is 108 cm³/mol. The van der Waals surface area contributed by atoms with Crippen molar-refractivity contribution in [1.82, 2.24) is 5.32 Å². The third kappa shape index (κ3) is 6.37. The molecule has 11 heteroatoms. The minimum atomic E-state index is -3.00. The maximum Gasteiger partial charge on any atom is 0.387 e. The molecule has 0 spiro atoms. The van der Waals surface area contributed by atoms with Gasteiger partial charge in [0.2, 0.25) is 5.75 Å². The zero-order valence-corrected chi connectivity index (χ0v) is 17.9. The molecule has 0 radical (unpaired) electrons. The number of halogens is 2. The lowest BCUT2D eigenvalue weighted by Crippen LogP contribution is -2.30. The molecule has 9 nitrogen and oxygen atoms in total. The Morgan fingerprint density at radius 3 is 2.03 bits per heavy atom. The van der Waals surface area contributed by atoms with Crippen LogP contribution in [-0.4, -0.2) is 53.5 Å². The number of hydrogen-bond donors (Lipinski definition) is 1. The number of methoxy groups -OCH3 is 4. The number of hydrogen-bond acceptors (Lipinski definition) is 8. The van der Waals surface area contributed by atoms with Crippen LogP contribution in [0.25, 0.3) is 0 Å². The Bertz CT molecular complexity index is 926. The van der Waals surface area contributed by atoms with E-state index in [0.717, 1.165) is 0 Å². The van der Waals surface area contributed by atoms with Gasteiger partial charge in [0.05, 0.1) is 28.4 Å². The van der Waals surface area contributed by atoms with Crippen LogP contribution < -0.4 is 29.0 Å². The summed E-state index contributed by atoms with van der Waals surface area (Å²) in [4.78, 5) is 24.4. The van der Waals surface area contributed by atoms with Crippen LogP contribution in [0.3, 0.4) is 0 Å². The van der Waals surface area contributed by atoms with Crippen molar-refractivity contribution in [2.45, 2.75) is 13.2 Å². The summed E-state index contributed by atoms with van der Waals surface area (Å²) in [5, 5.41) is 2.43. The maximum absolute atomic E-state index is 12.4. The molecule has 0 atom stereocenters. The molecule has 0 unspecified atom stereocenters. The molecule has 0 saturated heterocycles. The van der Waals surface area contributed by atoms with Gasteiger partial charge < -0.3 is 33.7 Å². The highest BCUT2D eigenvalue weighted by atomic mass is 19.3. The first kappa shape index (κ1) is 24.5. The molecule has 2 aromatic carbocycles. The highest BCUT2D eigenvalue weighted by molar-refractivity contribution is 5.97. The van der Waals surface area contributed by atoms with Crippen molar-refractivity contribution in [3.63, 3.8) is 0 Å². The first-order valence-corrected chi connectivity index (χ1v) is 9.18. The molecule has 1 amide bonds. The van der Waals surface area contributed by atoms with Crippen molar-refractivity contribution >= 4 is 11.9 Å². The lowest BCUT2D eigenvalue weighted by Gasteiger charge is -2.14. The number of carbonyl (C=O) groups excluding carboxylic acids is 2. The van der Waals surface area contributed by atoms with E-state index in [-0.39, 0.29) is 35.2 Å². The lowest BCUT2D eigenvalue weighted by molar-refractivity contribution is -0.143. The van der Waals surface area contributed by atoms with Crippen molar-refractivity contribution in [3.8, 4) is 28.7 Å². The topological polar surface area (TPSA) is 102 Å². The highest BCUT2D eigenvalue weighted by Gasteiger charge is 2.18. The molecule has 1 N–H and O–H groups in total. The minimum absolute atomic E-state index is 0.0644. The largest absolute Gasteiger partial charge is 0.493 e. The molecule has 0 aliphatic carbocycles. The molecule has 0 bridgehead atoms. The van der Waals surface area contributed by atoms with Gasteiger partial charge in [-0.1, -0.05) is 6.07 Å². The molecule has 0 heterocycles. The van der Waals surface area contributed by atoms with Gasteiger partial charge in [0, 0.05) is 5.56 Å². The Balaban J connectivity index is 1.95. The van der Waals surface area contributed by atoms with Gasteiger partial charge in [0.1, 0.15) is 13.2 Å². The van der Waals surface area contributed by atoms with Crippen molar-refractivity contribution in [2.24, 2.45) is 0 Å². The molecule has 0 fully saturated rings. The lowest BCUT2D eigenvalue weighted by atomic mass is 10.1. The van der Waals surface area contributed by atoms with Crippen LogP contribution in [0, 0.1) is 0 Å². The second kappa shape index (κ2) is 11.6. The van der Waals surface area contributed by atoms with Crippen molar-refractivity contribution in [3.05, 3.63) is 41.5 Å². The Labute approximate surface area is 183 Å². The molecule has 32 heavy (non-hydrogen) atoms. The second-order valence-corrected chi connectivity index (χ2v) is 6.12. The number of benzene rings is 2. The molecule has 0 aliphatic rings. The zero-order valence-electron chi connectivity index (χ0n) is 17.9. The number of ether oxygens (including phenoxy) is 6. The standard InChI is InChI=1S/C21H23F2NO8/c1-27-15-7-12(5-6-14(15)32-21(22)23)11-31-18(25)10-24-20(26)13-8-16(28-2)19(30-4)17(9-13)29-3/h5-9,21H,10-11H2,1-4H3,(H,24,26). The van der Waals surface area contributed by atoms with E-state index in [1.165, 1.54) is 58.8 Å². The van der Waals surface area contributed by atoms with Gasteiger partial charge in [-0.05, 0) is 29.8 Å². The van der Waals surface area contributed by atoms with E-state index in [1.54, 1.807) is 0 Å². The average Bonchev–Trinajstić information content (AvgIpc) is 2.80. The molecule has 0 saturated carbocycles. The fraction of sp³-hybridized carbons (Fsp3) is 0.333. The van der Waals surface area contributed by atoms with E-state index in [4.69, 9.17) is 23.7 Å². The number of amides is 1. The molecular formula is C21H23F2NO8. The van der Waals surface area contributed by atoms with Gasteiger partial charge in [-0.2, -0.15) is 8.78 Å². The van der Waals surface area contributed by atoms with Crippen molar-refractivity contribution in [2.75, 3.05) is 35.0 Å². The summed E-state index contributed by atoms with van der Waals surface area (Å²) in [5.74, 6) is -0.453. The van der Waals surface area contributed by atoms with Crippen LogP contribution >= 0.6 is 0 Å². The molecule has 0 aromatic heterocycles. The van der Waals surface area contributed by atoms with Crippen LogP contribution in [0.15, 0.2) is 30.3 Å². The van der Waals surface area contributed by atoms with Gasteiger partial charge in [-0.15, -0.1) is 0 Å². The van der Waals surface area contributed by atoms with Crippen LogP contribution in [0.4, 0.5) is 8.78 Å². The summed E-state index contributed by atoms with van der Waals surface area (Å²) in [6.07, 6.45) is 0. The van der Waals surface area contributed by atoms with Gasteiger partial charge in [-0.3, -0.25) is 9.59 Å². The molecule has 2 aromatic rings. The predicted octanol–water partition coefficient (Wildman–Crippen LogP) is 2.80. The number of esters is 1. The first-order chi connectivity index (χ1) is 15.3. The Morgan fingerprint density at radius 1 is 0.875 bits per heavy atom. The fourth-order valence-electron chi connectivity index (χ4n) is 2.68. The van der Waals surface area contributed by atoms with Crippen LogP contribution in [-0.2, 0) is 16.1 Å². The number of nitrogens with one attached hydrogen (secondary N) is 1. The average molecular weight is 455 g/mol. The summed E-state index contributed by atoms with van der Waals surface area (Å²) in [7, 11) is 5.56. The Morgan fingerprint density at radius 2 is 1.50 bits per heavy atom. The molecule has 174 valence electrons. The highest BCUT2D eigenvalue weighted by Crippen LogP contribution is 2.38. The van der Waals surface area contributed by atoms with E-state index < -0.39 is 25.0 Å². The van der Waals surface area contributed by atoms with E-state index in [2.05, 4.69) is 10.1 Å². The smallest absolute Gasteiger partial charge is 0.387 e. The monoisotopic (exact) mass is 455 g/mol. The Hall–Kier alpha value is -3.76. The number of alkyl halides is 2. The van der Waals surface area contributed by atoms with Gasteiger partial charge >= 0.3 is 12.6 Å². The second-order valence-electron chi connectivity index (χ2n) is 6.12. The molecular weight excluding hydrogens is 432 g/mol. The Kier molecular flexibility index (Phi) is 8.87. The van der Waals surface area contributed by atoms with E-state index >= 15 is 0 Å². The summed E-state index contributed by atoms with van der Waals surface area (Å²) in [6.45, 7) is -3.56. The summed E-state index contributed by atoms with van der Waals surface area (Å²) < 4.78 is 54.8. The first-order valence-electron chi connectivity index (χ1n) is 9.18. The van der Waals surface area contributed by atoms with Gasteiger partial charge in [0.25, 0.3) is 5.91 Å². The van der Waals surface area contributed by atoms with Crippen LogP contribution in [0.1, 0.15) is 15.9 Å². The number of rotatable bonds is 11. The summed E-state index contributed by atoms with van der Waals surface area (Å²) >= 11 is 0. The summed E-state index contributed by atoms with van der Waals surface area (Å²) in [6, 6.07) is 7.01. The number of carbonyl (C=O) groups is 2. The minimum Gasteiger partial charge on any atom is -0.493 e. The SMILES string of the molecule is COc1cc(COC(=O)CNC(=O)c2cc(OC)c(OC)c(OC)c2)ccc1OC(F)F. The third-order valence-corrected chi connectivity index (χ3v) is 4.16. The quantitative estimate of drug-likeness (QED) is 0.516. The molecule has 2 rings (SSSR count). The fourth-order valence-corrected chi connectivity index (χ4v) is 2.68. The van der Waals surface area contributed by atoms with E-state index in [1.807, 2.05) is 0 Å². The van der Waals surface area contributed by atoms with Crippen LogP contribution in [0.2, 0.25) is 0 Å². The van der Waals surface area contributed by atoms with Gasteiger partial charge in [0.15, 0.2) is 23.0 Å². The van der Waals surface area contributed by atoms with Crippen molar-refractivity contribution < 1.29 is 46.8 Å². The van der Waals surface area contributed by atoms with Crippen molar-refractivity contribution in [1.29, 1.82) is 0 Å². The summed E-state index contributed by atoms with van der Waals surface area (Å²) in [5.41, 5.74) is 0.666. The van der Waals surface area contributed by atoms with E-state index in [0.29, 0.717) is 11.3 Å². The normalized spacial score (nSPS) is 10.3. The molecule has 0 aliphatic heterocycles. The zero-order chi connectivity index (χ0) is 23.7. The van der Waals surface area contributed by atoms with Crippen LogP contribution in [0.5, 0.6) is 28.7 Å². The van der Waals surface area contributed by atoms with E-state index in [9.17, 15) is 18.4 Å². The maximum atomic E-state index is 12.4.